The summed E-state index contributed by atoms with van der Waals surface area (Å²) in [6, 6.07) is 13.8. The number of hydrogen-bond donors (Lipinski definition) is 0. The van der Waals surface area contributed by atoms with Gasteiger partial charge in [-0.05, 0) is 50.0 Å². The second-order valence-corrected chi connectivity index (χ2v) is 6.30. The number of nitrogens with zero attached hydrogens (tertiary/aromatic N) is 2. The molecule has 0 fully saturated rings. The number of pyridine rings is 1. The summed E-state index contributed by atoms with van der Waals surface area (Å²) in [5.41, 5.74) is 3.71. The SMILES string of the molecule is COc1ccccc1-c1nc2c(OC)ccc(OC)c2cc1CN(C)C. The Balaban J connectivity index is 2.36. The molecule has 136 valence electrons. The summed E-state index contributed by atoms with van der Waals surface area (Å²) in [6.07, 6.45) is 0. The Labute approximate surface area is 154 Å². The first kappa shape index (κ1) is 18.0. The zero-order valence-electron chi connectivity index (χ0n) is 15.9. The summed E-state index contributed by atoms with van der Waals surface area (Å²) in [5.74, 6) is 2.29. The third-order valence-electron chi connectivity index (χ3n) is 4.27. The Morgan fingerprint density at radius 2 is 1.50 bits per heavy atom. The summed E-state index contributed by atoms with van der Waals surface area (Å²) in [5, 5.41) is 0.933. The fourth-order valence-electron chi connectivity index (χ4n) is 3.13. The van der Waals surface area contributed by atoms with Crippen molar-refractivity contribution in [3.05, 3.63) is 48.0 Å². The van der Waals surface area contributed by atoms with Crippen LogP contribution in [0.3, 0.4) is 0 Å². The van der Waals surface area contributed by atoms with Gasteiger partial charge >= 0.3 is 0 Å². The van der Waals surface area contributed by atoms with Gasteiger partial charge in [-0.3, -0.25) is 0 Å². The van der Waals surface area contributed by atoms with Crippen LogP contribution in [0.5, 0.6) is 17.2 Å². The molecule has 0 saturated carbocycles. The number of para-hydroxylation sites is 1. The maximum absolute atomic E-state index is 5.56. The number of benzene rings is 2. The standard InChI is InChI=1S/C21H24N2O3/c1-23(2)13-14-12-16-18(25-4)10-11-19(26-5)21(16)22-20(14)15-8-6-7-9-17(15)24-3/h6-12H,13H2,1-5H3. The third kappa shape index (κ3) is 3.30. The van der Waals surface area contributed by atoms with Gasteiger partial charge in [0.05, 0.1) is 27.0 Å². The van der Waals surface area contributed by atoms with Gasteiger partial charge in [-0.15, -0.1) is 0 Å². The molecule has 0 saturated heterocycles. The molecule has 0 aliphatic carbocycles. The van der Waals surface area contributed by atoms with E-state index >= 15 is 0 Å². The molecule has 26 heavy (non-hydrogen) atoms. The lowest BCUT2D eigenvalue weighted by molar-refractivity contribution is 0.400. The molecule has 0 N–H and O–H groups in total. The lowest BCUT2D eigenvalue weighted by Gasteiger charge is -2.18. The number of hydrogen-bond acceptors (Lipinski definition) is 5. The maximum Gasteiger partial charge on any atom is 0.145 e. The largest absolute Gasteiger partial charge is 0.496 e. The van der Waals surface area contributed by atoms with Crippen LogP contribution in [0.25, 0.3) is 22.2 Å². The Morgan fingerprint density at radius 1 is 0.846 bits per heavy atom. The average molecular weight is 352 g/mol. The lowest BCUT2D eigenvalue weighted by atomic mass is 10.0. The van der Waals surface area contributed by atoms with Gasteiger partial charge in [0.15, 0.2) is 0 Å². The van der Waals surface area contributed by atoms with Crippen molar-refractivity contribution in [3.63, 3.8) is 0 Å². The van der Waals surface area contributed by atoms with Gasteiger partial charge in [0.2, 0.25) is 0 Å². The van der Waals surface area contributed by atoms with Crippen LogP contribution in [-0.2, 0) is 6.54 Å². The zero-order valence-corrected chi connectivity index (χ0v) is 15.9. The molecule has 0 spiro atoms. The quantitative estimate of drug-likeness (QED) is 0.671. The van der Waals surface area contributed by atoms with E-state index < -0.39 is 0 Å². The van der Waals surface area contributed by atoms with E-state index in [4.69, 9.17) is 19.2 Å². The topological polar surface area (TPSA) is 43.8 Å². The van der Waals surface area contributed by atoms with Gasteiger partial charge in [-0.25, -0.2) is 4.98 Å². The van der Waals surface area contributed by atoms with Crippen LogP contribution in [0.15, 0.2) is 42.5 Å². The molecule has 0 bridgehead atoms. The predicted octanol–water partition coefficient (Wildman–Crippen LogP) is 3.99. The van der Waals surface area contributed by atoms with Gasteiger partial charge in [-0.2, -0.15) is 0 Å². The van der Waals surface area contributed by atoms with Crippen LogP contribution in [0.1, 0.15) is 5.56 Å². The Bertz CT molecular complexity index is 923. The Kier molecular flexibility index (Phi) is 5.28. The fourth-order valence-corrected chi connectivity index (χ4v) is 3.13. The first-order chi connectivity index (χ1) is 12.6. The number of methoxy groups -OCH3 is 3. The van der Waals surface area contributed by atoms with E-state index in [2.05, 4.69) is 11.0 Å². The van der Waals surface area contributed by atoms with Gasteiger partial charge in [0, 0.05) is 17.5 Å². The van der Waals surface area contributed by atoms with Crippen molar-refractivity contribution in [2.45, 2.75) is 6.54 Å². The fraction of sp³-hybridized carbons (Fsp3) is 0.286. The van der Waals surface area contributed by atoms with E-state index in [9.17, 15) is 0 Å². The molecule has 0 radical (unpaired) electrons. The van der Waals surface area contributed by atoms with Crippen LogP contribution < -0.4 is 14.2 Å². The van der Waals surface area contributed by atoms with Crippen LogP contribution >= 0.6 is 0 Å². The number of rotatable bonds is 6. The molecule has 0 aliphatic heterocycles. The zero-order chi connectivity index (χ0) is 18.7. The Hall–Kier alpha value is -2.79. The minimum absolute atomic E-state index is 0.716. The van der Waals surface area contributed by atoms with Crippen molar-refractivity contribution >= 4 is 10.9 Å². The van der Waals surface area contributed by atoms with Crippen molar-refractivity contribution in [1.82, 2.24) is 9.88 Å². The molecular weight excluding hydrogens is 328 g/mol. The minimum atomic E-state index is 0.716. The second-order valence-electron chi connectivity index (χ2n) is 6.30. The van der Waals surface area contributed by atoms with Crippen LogP contribution in [0.4, 0.5) is 0 Å². The van der Waals surface area contributed by atoms with Crippen molar-refractivity contribution < 1.29 is 14.2 Å². The first-order valence-corrected chi connectivity index (χ1v) is 8.41. The second kappa shape index (κ2) is 7.62. The van der Waals surface area contributed by atoms with Gasteiger partial charge < -0.3 is 19.1 Å². The molecule has 0 amide bonds. The smallest absolute Gasteiger partial charge is 0.145 e. The van der Waals surface area contributed by atoms with E-state index in [1.807, 2.05) is 50.5 Å². The highest BCUT2D eigenvalue weighted by Crippen LogP contribution is 2.38. The molecule has 1 heterocycles. The maximum atomic E-state index is 5.56. The monoisotopic (exact) mass is 352 g/mol. The number of fused-ring (bicyclic) bond motifs is 1. The first-order valence-electron chi connectivity index (χ1n) is 8.41. The van der Waals surface area contributed by atoms with Crippen LogP contribution in [-0.4, -0.2) is 45.3 Å². The molecule has 0 aliphatic rings. The molecule has 0 atom stereocenters. The molecular formula is C21H24N2O3. The van der Waals surface area contributed by atoms with E-state index in [0.29, 0.717) is 5.75 Å². The van der Waals surface area contributed by atoms with Crippen molar-refractivity contribution in [2.24, 2.45) is 0 Å². The molecule has 5 nitrogen and oxygen atoms in total. The molecule has 3 rings (SSSR count). The van der Waals surface area contributed by atoms with Crippen LogP contribution in [0, 0.1) is 0 Å². The minimum Gasteiger partial charge on any atom is -0.496 e. The summed E-state index contributed by atoms with van der Waals surface area (Å²) in [6.45, 7) is 0.747. The van der Waals surface area contributed by atoms with Crippen molar-refractivity contribution in [3.8, 4) is 28.5 Å². The van der Waals surface area contributed by atoms with Crippen molar-refractivity contribution in [2.75, 3.05) is 35.4 Å². The van der Waals surface area contributed by atoms with Gasteiger partial charge in [0.1, 0.15) is 22.8 Å². The lowest BCUT2D eigenvalue weighted by Crippen LogP contribution is -2.12. The van der Waals surface area contributed by atoms with E-state index in [1.54, 1.807) is 21.3 Å². The van der Waals surface area contributed by atoms with E-state index in [1.165, 1.54) is 0 Å². The predicted molar refractivity (Wildman–Crippen MR) is 104 cm³/mol. The normalized spacial score (nSPS) is 11.0. The van der Waals surface area contributed by atoms with Crippen molar-refractivity contribution in [1.29, 1.82) is 0 Å². The Morgan fingerprint density at radius 3 is 2.15 bits per heavy atom. The van der Waals surface area contributed by atoms with Gasteiger partial charge in [0.25, 0.3) is 0 Å². The summed E-state index contributed by atoms with van der Waals surface area (Å²) >= 11 is 0. The number of ether oxygens (including phenoxy) is 3. The number of aromatic nitrogens is 1. The summed E-state index contributed by atoms with van der Waals surface area (Å²) in [7, 11) is 9.08. The third-order valence-corrected chi connectivity index (χ3v) is 4.27. The summed E-state index contributed by atoms with van der Waals surface area (Å²) < 4.78 is 16.6. The molecule has 5 heteroatoms. The van der Waals surface area contributed by atoms with Crippen LogP contribution in [0.2, 0.25) is 0 Å². The molecule has 3 aromatic rings. The highest BCUT2D eigenvalue weighted by molar-refractivity contribution is 5.93. The summed E-state index contributed by atoms with van der Waals surface area (Å²) in [4.78, 5) is 7.09. The molecule has 0 unspecified atom stereocenters. The van der Waals surface area contributed by atoms with E-state index in [-0.39, 0.29) is 0 Å². The van der Waals surface area contributed by atoms with Gasteiger partial charge in [-0.1, -0.05) is 12.1 Å². The molecule has 1 aromatic heterocycles. The average Bonchev–Trinajstić information content (AvgIpc) is 2.66. The highest BCUT2D eigenvalue weighted by atomic mass is 16.5. The van der Waals surface area contributed by atoms with E-state index in [0.717, 1.165) is 45.8 Å². The molecule has 2 aromatic carbocycles. The highest BCUT2D eigenvalue weighted by Gasteiger charge is 2.17.